The van der Waals surface area contributed by atoms with E-state index in [2.05, 4.69) is 187 Å². The van der Waals surface area contributed by atoms with Crippen molar-refractivity contribution in [1.29, 1.82) is 0 Å². The van der Waals surface area contributed by atoms with Gasteiger partial charge in [-0.05, 0) is 181 Å². The minimum atomic E-state index is -3.72. The van der Waals surface area contributed by atoms with Crippen molar-refractivity contribution < 1.29 is 36.8 Å². The van der Waals surface area contributed by atoms with Crippen LogP contribution in [0.5, 0.6) is 34.5 Å². The quantitative estimate of drug-likeness (QED) is 0.116. The normalized spacial score (nSPS) is 14.8. The van der Waals surface area contributed by atoms with Crippen LogP contribution in [-0.2, 0) is 61.9 Å². The van der Waals surface area contributed by atoms with E-state index in [1.807, 2.05) is 97.1 Å². The summed E-state index contributed by atoms with van der Waals surface area (Å²) in [5.41, 5.74) is 18.6. The Morgan fingerprint density at radius 1 is 0.228 bits per heavy atom. The van der Waals surface area contributed by atoms with E-state index < -0.39 is 9.84 Å². The van der Waals surface area contributed by atoms with Gasteiger partial charge >= 0.3 is 0 Å². The average Bonchev–Trinajstić information content (AvgIpc) is 0.778. The molecule has 15 heteroatoms. The second kappa shape index (κ2) is 28.9. The molecule has 0 unspecified atom stereocenters. The Hall–Kier alpha value is -11.8. The minimum absolute atomic E-state index is 0.256. The Kier molecular flexibility index (Phi) is 18.3. The van der Waals surface area contributed by atoms with E-state index >= 15 is 0 Å². The maximum Gasteiger partial charge on any atom is 0.206 e. The van der Waals surface area contributed by atoms with Gasteiger partial charge in [0.15, 0.2) is 40.4 Å². The van der Waals surface area contributed by atoms with Crippen LogP contribution in [0.25, 0.3) is 0 Å². The Balaban J connectivity index is 0.000000118. The van der Waals surface area contributed by atoms with Crippen LogP contribution < -0.4 is 57.8 Å². The number of nitrogens with zero attached hydrogens (tertiary/aromatic N) is 6. The van der Waals surface area contributed by atoms with Crippen molar-refractivity contribution in [3.8, 4) is 34.5 Å². The van der Waals surface area contributed by atoms with E-state index in [1.165, 1.54) is 67.3 Å². The second-order valence-corrected chi connectivity index (χ2v) is 27.9. The van der Waals surface area contributed by atoms with Gasteiger partial charge in [0.2, 0.25) is 9.84 Å². The van der Waals surface area contributed by atoms with Gasteiger partial charge in [0.05, 0.1) is 9.79 Å². The Bertz CT molecular complexity index is 4670. The molecule has 6 heterocycles. The number of anilines is 6. The highest BCUT2D eigenvalue weighted by Gasteiger charge is 2.28. The summed E-state index contributed by atoms with van der Waals surface area (Å²) >= 11 is 0. The van der Waals surface area contributed by atoms with Gasteiger partial charge in [0.25, 0.3) is 0 Å². The first-order valence-corrected chi connectivity index (χ1v) is 35.7. The lowest BCUT2D eigenvalue weighted by molar-refractivity contribution is 0.289. The topological polar surface area (TPSA) is 109 Å². The number of fused-ring (bicyclic) bond motifs is 6. The molecule has 0 bridgehead atoms. The maximum absolute atomic E-state index is 13.6. The smallest absolute Gasteiger partial charge is 0.206 e. The summed E-state index contributed by atoms with van der Waals surface area (Å²) in [6, 6.07) is 98.4. The van der Waals surface area contributed by atoms with Gasteiger partial charge in [-0.25, -0.2) is 8.42 Å². The molecule has 0 spiro atoms. The van der Waals surface area contributed by atoms with Gasteiger partial charge in [-0.2, -0.15) is 0 Å². The zero-order valence-electron chi connectivity index (χ0n) is 56.0. The number of para-hydroxylation sites is 6. The summed E-state index contributed by atoms with van der Waals surface area (Å²) < 4.78 is 62.9. The van der Waals surface area contributed by atoms with E-state index in [-0.39, 0.29) is 9.79 Å². The van der Waals surface area contributed by atoms with Crippen LogP contribution >= 0.6 is 0 Å². The summed E-state index contributed by atoms with van der Waals surface area (Å²) in [6.45, 7) is 7.80. The molecule has 0 fully saturated rings. The molecule has 101 heavy (non-hydrogen) atoms. The van der Waals surface area contributed by atoms with Crippen LogP contribution in [0.2, 0.25) is 0 Å². The molecule has 0 radical (unpaired) electrons. The highest BCUT2D eigenvalue weighted by Crippen LogP contribution is 2.38. The van der Waals surface area contributed by atoms with Gasteiger partial charge in [0, 0.05) is 107 Å². The Morgan fingerprint density at radius 3 is 0.792 bits per heavy atom. The summed E-state index contributed by atoms with van der Waals surface area (Å²) in [5, 5.41) is 0. The molecule has 14 nitrogen and oxygen atoms in total. The molecule has 6 aliphatic heterocycles. The third-order valence-electron chi connectivity index (χ3n) is 19.2. The first kappa shape index (κ1) is 63.9. The number of hydrogen-bond donors (Lipinski definition) is 0. The van der Waals surface area contributed by atoms with E-state index in [1.54, 1.807) is 36.4 Å². The zero-order valence-corrected chi connectivity index (χ0v) is 56.8. The second-order valence-electron chi connectivity index (χ2n) is 26.0. The SMILES string of the molecule is O=S(=O)(c1ccc2c(c1)CN(c1ccccc1)CO2)c1ccc2c(c1)CN(c1ccccc1)CO2.c1ccc(N2COc3ccc(Cc4ccc5c(c4)CN(c4ccccc4)CO5)cc3C2)cc1.c1ccc2c(c1)CN(c1ccc(Cc3ccc(N4COc5ccccc5C4)cc3)cc1)CO2. The highest BCUT2D eigenvalue weighted by atomic mass is 32.2. The molecule has 0 saturated carbocycles. The van der Waals surface area contributed by atoms with E-state index in [4.69, 9.17) is 28.4 Å². The third kappa shape index (κ3) is 14.6. The lowest BCUT2D eigenvalue weighted by Crippen LogP contribution is -2.32. The van der Waals surface area contributed by atoms with Crippen molar-refractivity contribution in [3.63, 3.8) is 0 Å². The lowest BCUT2D eigenvalue weighted by atomic mass is 9.99. The molecule has 18 rings (SSSR count). The van der Waals surface area contributed by atoms with Crippen molar-refractivity contribution >= 4 is 44.0 Å². The van der Waals surface area contributed by atoms with Crippen molar-refractivity contribution in [2.45, 2.75) is 61.9 Å². The molecule has 504 valence electrons. The van der Waals surface area contributed by atoms with Gasteiger partial charge in [-0.3, -0.25) is 0 Å². The lowest BCUT2D eigenvalue weighted by Gasteiger charge is -2.31. The molecular weight excluding hydrogens is 1280 g/mol. The van der Waals surface area contributed by atoms with E-state index in [0.29, 0.717) is 65.0 Å². The Morgan fingerprint density at radius 2 is 0.465 bits per heavy atom. The van der Waals surface area contributed by atoms with Crippen LogP contribution in [-0.4, -0.2) is 48.8 Å². The molecule has 12 aromatic carbocycles. The van der Waals surface area contributed by atoms with Crippen molar-refractivity contribution in [2.75, 3.05) is 69.8 Å². The van der Waals surface area contributed by atoms with E-state index in [9.17, 15) is 8.42 Å². The predicted molar refractivity (Wildman–Crippen MR) is 398 cm³/mol. The molecule has 0 saturated heterocycles. The van der Waals surface area contributed by atoms with Crippen LogP contribution in [0.15, 0.2) is 301 Å². The van der Waals surface area contributed by atoms with Crippen molar-refractivity contribution in [2.24, 2.45) is 0 Å². The monoisotopic (exact) mass is 1350 g/mol. The average molecular weight is 1350 g/mol. The molecule has 0 N–H and O–H groups in total. The third-order valence-corrected chi connectivity index (χ3v) is 21.0. The molecule has 12 aromatic rings. The number of benzene rings is 12. The van der Waals surface area contributed by atoms with Gasteiger partial charge < -0.3 is 57.8 Å². The first-order chi connectivity index (χ1) is 49.7. The number of sulfone groups is 1. The maximum atomic E-state index is 13.6. The molecule has 0 atom stereocenters. The van der Waals surface area contributed by atoms with E-state index in [0.717, 1.165) is 84.5 Å². The largest absolute Gasteiger partial charge is 0.473 e. The van der Waals surface area contributed by atoms with Crippen LogP contribution in [0.4, 0.5) is 34.1 Å². The van der Waals surface area contributed by atoms with Crippen LogP contribution in [0, 0.1) is 0 Å². The van der Waals surface area contributed by atoms with Crippen molar-refractivity contribution in [3.05, 3.63) is 347 Å². The summed E-state index contributed by atoms with van der Waals surface area (Å²) in [7, 11) is -3.72. The summed E-state index contributed by atoms with van der Waals surface area (Å²) in [4.78, 5) is 13.7. The highest BCUT2D eigenvalue weighted by molar-refractivity contribution is 7.91. The zero-order chi connectivity index (χ0) is 67.9. The molecule has 0 amide bonds. The standard InChI is InChI=1S/2C29H26N2O2.C28H24N2O4S/c1-3-7-28-24(5-1)18-30(20-32-28)26-13-9-22(10-14-26)17-23-11-15-27(16-12-23)31-19-25-6-2-4-8-29(25)33-21-31;1-3-7-26(8-4-1)30-18-24-16-22(11-13-28(24)32-20-30)15-23-12-14-29-25(17-23)19-31(21-33-29)27-9-5-2-6-10-27;31-35(32,25-11-13-27-21(15-25)17-29(19-33-27)23-7-3-1-4-8-23)26-12-14-28-22(16-26)18-30(20-34-28)24-9-5-2-6-10-24/h1-16H,17-21H2;1-14,16-17H,15,18-21H2;1-16H,17-20H2. The summed E-state index contributed by atoms with van der Waals surface area (Å²) in [5.74, 6) is 5.40. The number of rotatable bonds is 12. The fourth-order valence-electron chi connectivity index (χ4n) is 13.7. The molecular formula is C86H76N6O8S. The van der Waals surface area contributed by atoms with Gasteiger partial charge in [-0.15, -0.1) is 0 Å². The van der Waals surface area contributed by atoms with Gasteiger partial charge in [-0.1, -0.05) is 146 Å². The summed E-state index contributed by atoms with van der Waals surface area (Å²) in [6.07, 6.45) is 1.80. The first-order valence-electron chi connectivity index (χ1n) is 34.3. The fourth-order valence-corrected chi connectivity index (χ4v) is 15.1. The van der Waals surface area contributed by atoms with Gasteiger partial charge in [0.1, 0.15) is 34.5 Å². The number of hydrogen-bond acceptors (Lipinski definition) is 14. The molecule has 0 aromatic heterocycles. The molecule has 6 aliphatic rings. The van der Waals surface area contributed by atoms with Crippen LogP contribution in [0.3, 0.4) is 0 Å². The predicted octanol–water partition coefficient (Wildman–Crippen LogP) is 17.2. The minimum Gasteiger partial charge on any atom is -0.473 e. The molecule has 0 aliphatic carbocycles. The van der Waals surface area contributed by atoms with Crippen LogP contribution in [0.1, 0.15) is 55.6 Å². The number of ether oxygens (including phenoxy) is 6. The van der Waals surface area contributed by atoms with Crippen molar-refractivity contribution in [1.82, 2.24) is 0 Å². The fraction of sp³-hybridized carbons (Fsp3) is 0.163. The Labute approximate surface area is 590 Å².